The molecule has 0 aromatic carbocycles. The van der Waals surface area contributed by atoms with E-state index in [0.29, 0.717) is 45.2 Å². The fourth-order valence-corrected chi connectivity index (χ4v) is 3.78. The second-order valence-corrected chi connectivity index (χ2v) is 8.49. The number of aromatic amines is 1. The van der Waals surface area contributed by atoms with Crippen molar-refractivity contribution in [3.63, 3.8) is 0 Å². The number of anilines is 1. The maximum absolute atomic E-state index is 12.7. The summed E-state index contributed by atoms with van der Waals surface area (Å²) < 4.78 is 11.8. The highest BCUT2D eigenvalue weighted by atomic mass is 16.6. The average molecular weight is 400 g/mol. The first-order valence-corrected chi connectivity index (χ1v) is 10.1. The Labute approximate surface area is 170 Å². The van der Waals surface area contributed by atoms with Gasteiger partial charge in [-0.1, -0.05) is 6.08 Å². The van der Waals surface area contributed by atoms with Gasteiger partial charge >= 0.3 is 6.09 Å². The molecule has 1 amide bonds. The Morgan fingerprint density at radius 3 is 2.69 bits per heavy atom. The third-order valence-electron chi connectivity index (χ3n) is 5.24. The summed E-state index contributed by atoms with van der Waals surface area (Å²) in [7, 11) is 0. The van der Waals surface area contributed by atoms with Gasteiger partial charge in [-0.25, -0.2) is 9.52 Å². The van der Waals surface area contributed by atoms with Crippen molar-refractivity contribution >= 4 is 28.4 Å². The molecule has 0 aliphatic carbocycles. The molecule has 1 N–H and O–H groups in total. The molecular formula is C21H28N4O4. The fraction of sp³-hybridized carbons (Fsp3) is 0.524. The molecule has 2 aromatic rings. The maximum atomic E-state index is 12.7. The van der Waals surface area contributed by atoms with Crippen LogP contribution in [0.15, 0.2) is 24.5 Å². The van der Waals surface area contributed by atoms with Gasteiger partial charge in [-0.15, -0.1) is 0 Å². The van der Waals surface area contributed by atoms with Gasteiger partial charge < -0.3 is 24.6 Å². The molecule has 0 saturated carbocycles. The van der Waals surface area contributed by atoms with Crippen LogP contribution in [0.4, 0.5) is 10.6 Å². The molecule has 0 radical (unpaired) electrons. The first-order chi connectivity index (χ1) is 13.8. The van der Waals surface area contributed by atoms with E-state index in [1.54, 1.807) is 11.1 Å². The van der Waals surface area contributed by atoms with Crippen LogP contribution in [-0.4, -0.2) is 61.0 Å². The molecule has 0 bridgehead atoms. The van der Waals surface area contributed by atoms with Crippen LogP contribution in [0.5, 0.6) is 0 Å². The predicted molar refractivity (Wildman–Crippen MR) is 111 cm³/mol. The molecule has 2 aliphatic rings. The summed E-state index contributed by atoms with van der Waals surface area (Å²) in [5.74, 6) is 0.642. The van der Waals surface area contributed by atoms with Gasteiger partial charge in [-0.3, -0.25) is 4.90 Å². The summed E-state index contributed by atoms with van der Waals surface area (Å²) in [6.07, 6.45) is 6.06. The number of pyridine rings is 1. The zero-order valence-corrected chi connectivity index (χ0v) is 17.2. The van der Waals surface area contributed by atoms with E-state index in [-0.39, 0.29) is 6.09 Å². The zero-order chi connectivity index (χ0) is 20.6. The molecule has 2 aromatic heterocycles. The number of ether oxygens (including phenoxy) is 2. The Balaban J connectivity index is 1.54. The fourth-order valence-electron chi connectivity index (χ4n) is 3.78. The van der Waals surface area contributed by atoms with Crippen LogP contribution in [0, 0.1) is 5.21 Å². The van der Waals surface area contributed by atoms with Crippen LogP contribution in [0.2, 0.25) is 0 Å². The molecule has 0 atom stereocenters. The summed E-state index contributed by atoms with van der Waals surface area (Å²) in [5.41, 5.74) is 2.58. The lowest BCUT2D eigenvalue weighted by Crippen LogP contribution is -2.44. The number of nitrogens with zero attached hydrogens (tertiary/aromatic N) is 3. The zero-order valence-electron chi connectivity index (χ0n) is 17.2. The second-order valence-electron chi connectivity index (χ2n) is 8.49. The van der Waals surface area contributed by atoms with Gasteiger partial charge in [0.2, 0.25) is 0 Å². The van der Waals surface area contributed by atoms with Crippen molar-refractivity contribution in [3.05, 3.63) is 35.3 Å². The number of fused-ring (bicyclic) bond motifs is 1. The normalized spacial score (nSPS) is 18.1. The van der Waals surface area contributed by atoms with Crippen molar-refractivity contribution in [3.8, 4) is 0 Å². The van der Waals surface area contributed by atoms with Crippen LogP contribution in [-0.2, 0) is 9.47 Å². The third kappa shape index (κ3) is 4.17. The Morgan fingerprint density at radius 1 is 1.28 bits per heavy atom. The Morgan fingerprint density at radius 2 is 2.03 bits per heavy atom. The van der Waals surface area contributed by atoms with Crippen molar-refractivity contribution in [1.82, 2.24) is 9.88 Å². The van der Waals surface area contributed by atoms with E-state index < -0.39 is 5.60 Å². The number of aromatic nitrogens is 2. The van der Waals surface area contributed by atoms with Crippen LogP contribution >= 0.6 is 0 Å². The van der Waals surface area contributed by atoms with E-state index in [4.69, 9.17) is 9.47 Å². The van der Waals surface area contributed by atoms with Gasteiger partial charge in [0.15, 0.2) is 0 Å². The minimum Gasteiger partial charge on any atom is -0.711 e. The molecule has 4 rings (SSSR count). The lowest BCUT2D eigenvalue weighted by Gasteiger charge is -2.29. The minimum absolute atomic E-state index is 0.292. The molecule has 1 fully saturated rings. The van der Waals surface area contributed by atoms with E-state index in [1.165, 1.54) is 0 Å². The van der Waals surface area contributed by atoms with Gasteiger partial charge in [0.1, 0.15) is 24.9 Å². The lowest BCUT2D eigenvalue weighted by atomic mass is 10.00. The van der Waals surface area contributed by atoms with Crippen LogP contribution in [0.3, 0.4) is 0 Å². The van der Waals surface area contributed by atoms with E-state index >= 15 is 0 Å². The van der Waals surface area contributed by atoms with Crippen molar-refractivity contribution in [2.45, 2.75) is 32.8 Å². The van der Waals surface area contributed by atoms with Crippen molar-refractivity contribution in [2.24, 2.45) is 0 Å². The standard InChI is InChI=1S/C21H28N4O4/c1-21(2,3)29-20(26)24-6-4-15(5-7-24)16-13-22-18-12-19(25(27)14-17(16)18)23-8-10-28-11-9-23/h4,12-14,22H,5-11H2,1-3H3. The summed E-state index contributed by atoms with van der Waals surface area (Å²) in [6, 6.07) is 1.91. The third-order valence-corrected chi connectivity index (χ3v) is 5.24. The van der Waals surface area contributed by atoms with Crippen molar-refractivity contribution in [1.29, 1.82) is 0 Å². The monoisotopic (exact) mass is 400 g/mol. The van der Waals surface area contributed by atoms with E-state index in [1.807, 2.05) is 39.1 Å². The first kappa shape index (κ1) is 19.6. The number of morpholine rings is 1. The molecule has 8 heteroatoms. The highest BCUT2D eigenvalue weighted by molar-refractivity contribution is 5.93. The Bertz CT molecular complexity index is 938. The van der Waals surface area contributed by atoms with Crippen LogP contribution in [0.25, 0.3) is 16.5 Å². The lowest BCUT2D eigenvalue weighted by molar-refractivity contribution is -0.590. The molecule has 156 valence electrons. The summed E-state index contributed by atoms with van der Waals surface area (Å²) >= 11 is 0. The highest BCUT2D eigenvalue weighted by Crippen LogP contribution is 2.30. The number of carbonyl (C=O) groups excluding carboxylic acids is 1. The van der Waals surface area contributed by atoms with Crippen LogP contribution < -0.4 is 9.63 Å². The molecule has 1 saturated heterocycles. The van der Waals surface area contributed by atoms with Gasteiger partial charge in [-0.05, 0) is 32.8 Å². The molecule has 2 aliphatic heterocycles. The smallest absolute Gasteiger partial charge is 0.410 e. The van der Waals surface area contributed by atoms with Crippen molar-refractivity contribution < 1.29 is 19.0 Å². The molecule has 0 spiro atoms. The topological polar surface area (TPSA) is 84.7 Å². The molecule has 0 unspecified atom stereocenters. The number of rotatable bonds is 2. The number of amides is 1. The summed E-state index contributed by atoms with van der Waals surface area (Å²) in [4.78, 5) is 19.3. The molecule has 4 heterocycles. The van der Waals surface area contributed by atoms with Gasteiger partial charge in [-0.2, -0.15) is 0 Å². The van der Waals surface area contributed by atoms with Crippen molar-refractivity contribution in [2.75, 3.05) is 44.3 Å². The van der Waals surface area contributed by atoms with E-state index in [0.717, 1.165) is 33.2 Å². The highest BCUT2D eigenvalue weighted by Gasteiger charge is 2.26. The van der Waals surface area contributed by atoms with Crippen LogP contribution in [0.1, 0.15) is 32.8 Å². The average Bonchev–Trinajstić information content (AvgIpc) is 3.09. The molecular weight excluding hydrogens is 372 g/mol. The largest absolute Gasteiger partial charge is 0.711 e. The maximum Gasteiger partial charge on any atom is 0.410 e. The number of hydrogen-bond acceptors (Lipinski definition) is 5. The predicted octanol–water partition coefficient (Wildman–Crippen LogP) is 2.66. The Kier molecular flexibility index (Phi) is 5.12. The minimum atomic E-state index is -0.502. The van der Waals surface area contributed by atoms with E-state index in [9.17, 15) is 10.0 Å². The Hall–Kier alpha value is -2.74. The first-order valence-electron chi connectivity index (χ1n) is 10.1. The van der Waals surface area contributed by atoms with Gasteiger partial charge in [0, 0.05) is 30.2 Å². The van der Waals surface area contributed by atoms with E-state index in [2.05, 4.69) is 9.88 Å². The number of nitrogens with one attached hydrogen (secondary N) is 1. The molecule has 29 heavy (non-hydrogen) atoms. The van der Waals surface area contributed by atoms with Gasteiger partial charge in [0.25, 0.3) is 5.82 Å². The van der Waals surface area contributed by atoms with Gasteiger partial charge in [0.05, 0.1) is 24.8 Å². The second kappa shape index (κ2) is 7.59. The summed E-state index contributed by atoms with van der Waals surface area (Å²) in [6.45, 7) is 9.39. The SMILES string of the molecule is CC(C)(C)OC(=O)N1CC=C(c2c[nH]c3cc(N4CCOCC4)[n+]([O-])cc23)CC1. The number of carbonyl (C=O) groups is 1. The molecule has 8 nitrogen and oxygen atoms in total. The summed E-state index contributed by atoms with van der Waals surface area (Å²) in [5, 5.41) is 13.6. The number of H-pyrrole nitrogens is 1. The number of hydrogen-bond donors (Lipinski definition) is 1. The quantitative estimate of drug-likeness (QED) is 0.619.